The third-order valence-corrected chi connectivity index (χ3v) is 0. The molecule has 0 aliphatic heterocycles. The second-order valence-corrected chi connectivity index (χ2v) is 2.19. The Morgan fingerprint density at radius 1 is 0.778 bits per heavy atom. The predicted molar refractivity (Wildman–Crippen MR) is 34.7 cm³/mol. The Bertz CT molecular complexity index is 26.5. The first-order valence-corrected chi connectivity index (χ1v) is 2.83. The Morgan fingerprint density at radius 3 is 0.778 bits per heavy atom. The van der Waals surface area contributed by atoms with Crippen LogP contribution in [0.15, 0.2) is 0 Å². The van der Waals surface area contributed by atoms with Gasteiger partial charge in [-0.05, 0) is 27.7 Å². The molecule has 0 aliphatic carbocycles. The molecule has 0 aromatic heterocycles. The molecular weight excluding hydrogens is 205 g/mol. The van der Waals surface area contributed by atoms with Crippen molar-refractivity contribution in [1.29, 1.82) is 0 Å². The van der Waals surface area contributed by atoms with Crippen LogP contribution in [0, 0.1) is 0 Å². The zero-order valence-corrected chi connectivity index (χ0v) is 8.14. The quantitative estimate of drug-likeness (QED) is 0.593. The van der Waals surface area contributed by atoms with Crippen molar-refractivity contribution in [2.24, 2.45) is 0 Å². The van der Waals surface area contributed by atoms with E-state index in [0.717, 1.165) is 0 Å². The van der Waals surface area contributed by atoms with Gasteiger partial charge in [0.25, 0.3) is 0 Å². The summed E-state index contributed by atoms with van der Waals surface area (Å²) in [7, 11) is 0. The van der Waals surface area contributed by atoms with E-state index in [1.54, 1.807) is 27.7 Å². The molecule has 0 aromatic carbocycles. The molecule has 0 spiro atoms. The average molecular weight is 221 g/mol. The zero-order valence-electron chi connectivity index (χ0n) is 6.40. The maximum atomic E-state index is 8.06. The van der Waals surface area contributed by atoms with Crippen molar-refractivity contribution in [1.82, 2.24) is 0 Å². The minimum atomic E-state index is -0.167. The van der Waals surface area contributed by atoms with Gasteiger partial charge in [0.1, 0.15) is 0 Å². The molecule has 0 fully saturated rings. The molecule has 0 amide bonds. The Kier molecular flexibility index (Phi) is 20.5. The van der Waals surface area contributed by atoms with Gasteiger partial charge in [0.2, 0.25) is 0 Å². The largest absolute Gasteiger partial charge is 0.394 e. The molecule has 0 aromatic rings. The monoisotopic (exact) mass is 222 g/mol. The third-order valence-electron chi connectivity index (χ3n) is 0. The first-order valence-electron chi connectivity index (χ1n) is 2.83. The molecule has 3 heteroatoms. The summed E-state index contributed by atoms with van der Waals surface area (Å²) in [4.78, 5) is 0. The Morgan fingerprint density at radius 2 is 0.778 bits per heavy atom. The molecule has 0 unspecified atom stereocenters. The summed E-state index contributed by atoms with van der Waals surface area (Å²) in [6.07, 6.45) is -0.333. The SMILES string of the molecule is CC(C)O.CC(C)O.[Ru]. The van der Waals surface area contributed by atoms with Gasteiger partial charge in [-0.1, -0.05) is 0 Å². The molecule has 0 rings (SSSR count). The Labute approximate surface area is 70.0 Å². The molecule has 0 radical (unpaired) electrons. The molecule has 0 atom stereocenters. The van der Waals surface area contributed by atoms with Crippen molar-refractivity contribution >= 4 is 0 Å². The van der Waals surface area contributed by atoms with E-state index in [-0.39, 0.29) is 31.7 Å². The molecule has 60 valence electrons. The number of hydrogen-bond acceptors (Lipinski definition) is 2. The first-order chi connectivity index (χ1) is 3.46. The van der Waals surface area contributed by atoms with Crippen LogP contribution in [0.4, 0.5) is 0 Å². The summed E-state index contributed by atoms with van der Waals surface area (Å²) in [6, 6.07) is 0. The van der Waals surface area contributed by atoms with E-state index >= 15 is 0 Å². The van der Waals surface area contributed by atoms with E-state index in [2.05, 4.69) is 0 Å². The predicted octanol–water partition coefficient (Wildman–Crippen LogP) is 0.772. The van der Waals surface area contributed by atoms with Crippen LogP contribution in [0.25, 0.3) is 0 Å². The van der Waals surface area contributed by atoms with Crippen molar-refractivity contribution in [2.75, 3.05) is 0 Å². The Hall–Kier alpha value is 0.543. The summed E-state index contributed by atoms with van der Waals surface area (Å²) < 4.78 is 0. The van der Waals surface area contributed by atoms with Gasteiger partial charge in [-0.3, -0.25) is 0 Å². The van der Waals surface area contributed by atoms with Crippen LogP contribution in [-0.4, -0.2) is 22.4 Å². The van der Waals surface area contributed by atoms with Gasteiger partial charge in [0.05, 0.1) is 0 Å². The van der Waals surface area contributed by atoms with Gasteiger partial charge in [-0.15, -0.1) is 0 Å². The minimum Gasteiger partial charge on any atom is -0.394 e. The second-order valence-electron chi connectivity index (χ2n) is 2.19. The van der Waals surface area contributed by atoms with Crippen LogP contribution in [0.3, 0.4) is 0 Å². The summed E-state index contributed by atoms with van der Waals surface area (Å²) in [5.74, 6) is 0. The second kappa shape index (κ2) is 11.4. The van der Waals surface area contributed by atoms with Crippen LogP contribution in [-0.2, 0) is 19.5 Å². The van der Waals surface area contributed by atoms with E-state index < -0.39 is 0 Å². The number of rotatable bonds is 0. The van der Waals surface area contributed by atoms with E-state index in [4.69, 9.17) is 10.2 Å². The van der Waals surface area contributed by atoms with Crippen LogP contribution in [0.5, 0.6) is 0 Å². The molecule has 9 heavy (non-hydrogen) atoms. The van der Waals surface area contributed by atoms with Crippen molar-refractivity contribution in [3.8, 4) is 0 Å². The zero-order chi connectivity index (χ0) is 7.15. The summed E-state index contributed by atoms with van der Waals surface area (Å²) in [6.45, 7) is 6.89. The number of aliphatic hydroxyl groups excluding tert-OH is 2. The van der Waals surface area contributed by atoms with Gasteiger partial charge >= 0.3 is 0 Å². The van der Waals surface area contributed by atoms with Gasteiger partial charge in [-0.2, -0.15) is 0 Å². The third kappa shape index (κ3) is 1240. The molecule has 0 saturated heterocycles. The van der Waals surface area contributed by atoms with Crippen LogP contribution in [0.2, 0.25) is 0 Å². The topological polar surface area (TPSA) is 40.5 Å². The maximum absolute atomic E-state index is 8.06. The normalized spacial score (nSPS) is 8.00. The van der Waals surface area contributed by atoms with E-state index in [9.17, 15) is 0 Å². The summed E-state index contributed by atoms with van der Waals surface area (Å²) >= 11 is 0. The van der Waals surface area contributed by atoms with E-state index in [0.29, 0.717) is 0 Å². The van der Waals surface area contributed by atoms with Crippen LogP contribution in [0.1, 0.15) is 27.7 Å². The van der Waals surface area contributed by atoms with Gasteiger partial charge < -0.3 is 10.2 Å². The maximum Gasteiger partial charge on any atom is 0.0483 e. The molecular formula is C6H16O2Ru. The van der Waals surface area contributed by atoms with Crippen molar-refractivity contribution in [2.45, 2.75) is 39.9 Å². The number of hydrogen-bond donors (Lipinski definition) is 2. The van der Waals surface area contributed by atoms with Crippen LogP contribution >= 0.6 is 0 Å². The molecule has 0 saturated carbocycles. The molecule has 0 bridgehead atoms. The average Bonchev–Trinajstić information content (AvgIpc) is 1.25. The van der Waals surface area contributed by atoms with Gasteiger partial charge in [0.15, 0.2) is 0 Å². The molecule has 2 N–H and O–H groups in total. The fourth-order valence-corrected chi connectivity index (χ4v) is 0. The first kappa shape index (κ1) is 16.3. The smallest absolute Gasteiger partial charge is 0.0483 e. The van der Waals surface area contributed by atoms with Gasteiger partial charge in [-0.25, -0.2) is 0 Å². The van der Waals surface area contributed by atoms with Crippen LogP contribution < -0.4 is 0 Å². The molecule has 0 aliphatic rings. The van der Waals surface area contributed by atoms with Crippen molar-refractivity contribution in [3.63, 3.8) is 0 Å². The molecule has 0 heterocycles. The van der Waals surface area contributed by atoms with Crippen molar-refractivity contribution in [3.05, 3.63) is 0 Å². The minimum absolute atomic E-state index is 0. The summed E-state index contributed by atoms with van der Waals surface area (Å²) in [5.41, 5.74) is 0. The fraction of sp³-hybridized carbons (Fsp3) is 1.00. The van der Waals surface area contributed by atoms with Gasteiger partial charge in [0, 0.05) is 31.7 Å². The molecule has 2 nitrogen and oxygen atoms in total. The Balaban J connectivity index is -0.0000000720. The van der Waals surface area contributed by atoms with Crippen molar-refractivity contribution < 1.29 is 29.7 Å². The number of aliphatic hydroxyl groups is 2. The standard InChI is InChI=1S/2C3H8O.Ru/c2*1-3(2)4;/h2*3-4H,1-2H3;. The fourth-order valence-electron chi connectivity index (χ4n) is 0. The van der Waals surface area contributed by atoms with E-state index in [1.807, 2.05) is 0 Å². The van der Waals surface area contributed by atoms with E-state index in [1.165, 1.54) is 0 Å². The summed E-state index contributed by atoms with van der Waals surface area (Å²) in [5, 5.41) is 16.1.